The number of aliphatic hydroxyl groups excluding tert-OH is 1. The van der Waals surface area contributed by atoms with Crippen molar-refractivity contribution in [2.24, 2.45) is 4.99 Å². The number of nitrogens with zero attached hydrogens (tertiary/aromatic N) is 4. The minimum atomic E-state index is -0.161. The first kappa shape index (κ1) is 20.1. The second kappa shape index (κ2) is 9.00. The molecule has 3 rings (SSSR count). The van der Waals surface area contributed by atoms with E-state index in [1.165, 1.54) is 4.90 Å². The summed E-state index contributed by atoms with van der Waals surface area (Å²) in [5.41, 5.74) is 3.78. The molecule has 29 heavy (non-hydrogen) atoms. The van der Waals surface area contributed by atoms with Gasteiger partial charge in [-0.05, 0) is 47.5 Å². The van der Waals surface area contributed by atoms with E-state index in [1.54, 1.807) is 31.3 Å². The highest BCUT2D eigenvalue weighted by molar-refractivity contribution is 6.18. The molecule has 0 saturated heterocycles. The third-order valence-electron chi connectivity index (χ3n) is 4.64. The number of carbonyl (C=O) groups is 1. The zero-order valence-electron chi connectivity index (χ0n) is 16.4. The number of anilines is 1. The maximum atomic E-state index is 12.5. The topological polar surface area (TPSA) is 79.9 Å². The molecule has 0 spiro atoms. The Bertz CT molecular complexity index is 1010. The van der Waals surface area contributed by atoms with E-state index >= 15 is 0 Å². The standard InChI is InChI=1S/C23H22N4O2/c1-26(13-14-28)20-10-7-18(8-11-20)15-21-23(29)27(2)22(25-21)12-9-17-3-5-19(16-24)6-4-17/h3-12,15,28H,13-14H2,1-2H3/b12-9+,21-15+. The molecule has 1 aliphatic heterocycles. The van der Waals surface area contributed by atoms with E-state index in [9.17, 15) is 4.79 Å². The van der Waals surface area contributed by atoms with Gasteiger partial charge in [-0.1, -0.05) is 30.3 Å². The molecule has 2 aromatic rings. The van der Waals surface area contributed by atoms with Gasteiger partial charge in [-0.2, -0.15) is 5.26 Å². The first-order valence-electron chi connectivity index (χ1n) is 9.20. The van der Waals surface area contributed by atoms with Crippen molar-refractivity contribution in [2.45, 2.75) is 0 Å². The van der Waals surface area contributed by atoms with Crippen LogP contribution >= 0.6 is 0 Å². The molecule has 6 nitrogen and oxygen atoms in total. The molecule has 0 bridgehead atoms. The number of benzene rings is 2. The van der Waals surface area contributed by atoms with Gasteiger partial charge in [0, 0.05) is 26.3 Å². The first-order chi connectivity index (χ1) is 14.0. The predicted molar refractivity (Wildman–Crippen MR) is 115 cm³/mol. The average molecular weight is 386 g/mol. The summed E-state index contributed by atoms with van der Waals surface area (Å²) < 4.78 is 0. The predicted octanol–water partition coefficient (Wildman–Crippen LogP) is 2.91. The van der Waals surface area contributed by atoms with Crippen LogP contribution in [0.5, 0.6) is 0 Å². The molecule has 0 unspecified atom stereocenters. The fourth-order valence-corrected chi connectivity index (χ4v) is 2.87. The lowest BCUT2D eigenvalue weighted by Crippen LogP contribution is -2.26. The van der Waals surface area contributed by atoms with Crippen molar-refractivity contribution in [2.75, 3.05) is 32.1 Å². The zero-order chi connectivity index (χ0) is 20.8. The molecule has 6 heteroatoms. The number of nitriles is 1. The molecular weight excluding hydrogens is 364 g/mol. The van der Waals surface area contributed by atoms with Crippen LogP contribution in [0.1, 0.15) is 16.7 Å². The van der Waals surface area contributed by atoms with Gasteiger partial charge in [0.2, 0.25) is 0 Å². The molecule has 1 amide bonds. The van der Waals surface area contributed by atoms with Gasteiger partial charge in [-0.3, -0.25) is 9.69 Å². The summed E-state index contributed by atoms with van der Waals surface area (Å²) in [6.07, 6.45) is 5.41. The molecule has 0 saturated carbocycles. The van der Waals surface area contributed by atoms with Crippen molar-refractivity contribution in [1.82, 2.24) is 4.90 Å². The molecule has 1 N–H and O–H groups in total. The Labute approximate surface area is 170 Å². The highest BCUT2D eigenvalue weighted by atomic mass is 16.3. The molecule has 0 aromatic heterocycles. The summed E-state index contributed by atoms with van der Waals surface area (Å²) in [5, 5.41) is 17.9. The average Bonchev–Trinajstić information content (AvgIpc) is 3.01. The van der Waals surface area contributed by atoms with Crippen molar-refractivity contribution in [3.63, 3.8) is 0 Å². The largest absolute Gasteiger partial charge is 0.395 e. The van der Waals surface area contributed by atoms with Crippen LogP contribution in [0.3, 0.4) is 0 Å². The van der Waals surface area contributed by atoms with Gasteiger partial charge in [0.25, 0.3) is 5.91 Å². The van der Waals surface area contributed by atoms with E-state index in [0.29, 0.717) is 23.6 Å². The van der Waals surface area contributed by atoms with Gasteiger partial charge >= 0.3 is 0 Å². The summed E-state index contributed by atoms with van der Waals surface area (Å²) in [4.78, 5) is 20.4. The Morgan fingerprint density at radius 1 is 1.10 bits per heavy atom. The molecule has 0 aliphatic carbocycles. The fraction of sp³-hybridized carbons (Fsp3) is 0.174. The maximum absolute atomic E-state index is 12.5. The number of aliphatic imine (C=N–C) groups is 1. The Morgan fingerprint density at radius 2 is 1.76 bits per heavy atom. The van der Waals surface area contributed by atoms with E-state index in [-0.39, 0.29) is 12.5 Å². The minimum absolute atomic E-state index is 0.0939. The molecular formula is C23H22N4O2. The van der Waals surface area contributed by atoms with Crippen molar-refractivity contribution in [1.29, 1.82) is 5.26 Å². The lowest BCUT2D eigenvalue weighted by molar-refractivity contribution is -0.121. The lowest BCUT2D eigenvalue weighted by Gasteiger charge is -2.17. The Morgan fingerprint density at radius 3 is 2.38 bits per heavy atom. The lowest BCUT2D eigenvalue weighted by atomic mass is 10.1. The number of likely N-dealkylation sites (N-methyl/N-ethyl adjacent to an activating group) is 2. The smallest absolute Gasteiger partial charge is 0.277 e. The summed E-state index contributed by atoms with van der Waals surface area (Å²) in [7, 11) is 3.61. The van der Waals surface area contributed by atoms with Crippen molar-refractivity contribution < 1.29 is 9.90 Å². The third-order valence-corrected chi connectivity index (χ3v) is 4.64. The highest BCUT2D eigenvalue weighted by Crippen LogP contribution is 2.20. The van der Waals surface area contributed by atoms with Gasteiger partial charge in [-0.15, -0.1) is 0 Å². The molecule has 0 radical (unpaired) electrons. The summed E-state index contributed by atoms with van der Waals surface area (Å²) in [6.45, 7) is 0.652. The van der Waals surface area contributed by atoms with Gasteiger partial charge in [0.05, 0.1) is 18.2 Å². The summed E-state index contributed by atoms with van der Waals surface area (Å²) in [5.74, 6) is 0.399. The van der Waals surface area contributed by atoms with Gasteiger partial charge in [0.15, 0.2) is 0 Å². The Balaban J connectivity index is 1.77. The number of amides is 1. The second-order valence-corrected chi connectivity index (χ2v) is 6.67. The normalized spacial score (nSPS) is 15.1. The van der Waals surface area contributed by atoms with Crippen molar-refractivity contribution in [3.05, 3.63) is 77.0 Å². The molecule has 0 atom stereocenters. The van der Waals surface area contributed by atoms with E-state index in [2.05, 4.69) is 11.1 Å². The van der Waals surface area contributed by atoms with Gasteiger partial charge in [0.1, 0.15) is 11.5 Å². The number of hydrogen-bond acceptors (Lipinski definition) is 5. The fourth-order valence-electron chi connectivity index (χ4n) is 2.87. The van der Waals surface area contributed by atoms with E-state index < -0.39 is 0 Å². The van der Waals surface area contributed by atoms with E-state index in [4.69, 9.17) is 10.4 Å². The van der Waals surface area contributed by atoms with Crippen LogP contribution in [0.15, 0.2) is 65.3 Å². The Kier molecular flexibility index (Phi) is 6.22. The van der Waals surface area contributed by atoms with Crippen LogP contribution in [-0.4, -0.2) is 49.0 Å². The summed E-state index contributed by atoms with van der Waals surface area (Å²) in [6, 6.07) is 17.0. The van der Waals surface area contributed by atoms with Gasteiger partial charge in [-0.25, -0.2) is 4.99 Å². The molecule has 1 aliphatic rings. The van der Waals surface area contributed by atoms with E-state index in [0.717, 1.165) is 16.8 Å². The Hall–Kier alpha value is -3.69. The van der Waals surface area contributed by atoms with Crippen LogP contribution < -0.4 is 4.90 Å². The number of aliphatic hydroxyl groups is 1. The highest BCUT2D eigenvalue weighted by Gasteiger charge is 2.25. The maximum Gasteiger partial charge on any atom is 0.277 e. The number of carbonyl (C=O) groups excluding carboxylic acids is 1. The second-order valence-electron chi connectivity index (χ2n) is 6.67. The quantitative estimate of drug-likeness (QED) is 0.774. The van der Waals surface area contributed by atoms with Gasteiger partial charge < -0.3 is 10.0 Å². The van der Waals surface area contributed by atoms with Crippen LogP contribution in [0.4, 0.5) is 5.69 Å². The van der Waals surface area contributed by atoms with Crippen LogP contribution in [-0.2, 0) is 4.79 Å². The summed E-state index contributed by atoms with van der Waals surface area (Å²) >= 11 is 0. The van der Waals surface area contributed by atoms with E-state index in [1.807, 2.05) is 54.4 Å². The first-order valence-corrected chi connectivity index (χ1v) is 9.20. The number of rotatable bonds is 6. The van der Waals surface area contributed by atoms with Crippen molar-refractivity contribution in [3.8, 4) is 6.07 Å². The molecule has 1 heterocycles. The molecule has 2 aromatic carbocycles. The van der Waals surface area contributed by atoms with Crippen molar-refractivity contribution >= 4 is 29.6 Å². The monoisotopic (exact) mass is 386 g/mol. The number of amidine groups is 1. The number of hydrogen-bond donors (Lipinski definition) is 1. The van der Waals surface area contributed by atoms with Crippen LogP contribution in [0.25, 0.3) is 12.2 Å². The molecule has 0 fully saturated rings. The SMILES string of the molecule is CN1C(=O)/C(=C\c2ccc(N(C)CCO)cc2)N=C1/C=C/c1ccc(C#N)cc1. The molecule has 146 valence electrons. The minimum Gasteiger partial charge on any atom is -0.395 e. The van der Waals surface area contributed by atoms with Crippen LogP contribution in [0.2, 0.25) is 0 Å². The van der Waals surface area contributed by atoms with Crippen LogP contribution in [0, 0.1) is 11.3 Å². The third kappa shape index (κ3) is 4.78. The zero-order valence-corrected chi connectivity index (χ0v) is 16.4.